The molecule has 0 radical (unpaired) electrons. The third-order valence-electron chi connectivity index (χ3n) is 3.63. The number of nitrogens with zero attached hydrogens (tertiary/aromatic N) is 2. The van der Waals surface area contributed by atoms with E-state index in [2.05, 4.69) is 0 Å². The number of carbonyl (C=O) groups excluding carboxylic acids is 1. The standard InChI is InChI=1S/C13H26N2O4S/c1-11(2)14(8-6-10-16)13(17)12-7-4-5-9-15(12)20(3,18)19/h11-12,16H,4-10H2,1-3H3. The van der Waals surface area contributed by atoms with Crippen LogP contribution in [0.2, 0.25) is 0 Å². The van der Waals surface area contributed by atoms with E-state index in [0.717, 1.165) is 19.1 Å². The number of hydrogen-bond donors (Lipinski definition) is 1. The zero-order valence-corrected chi connectivity index (χ0v) is 13.4. The average molecular weight is 306 g/mol. The van der Waals surface area contributed by atoms with Crippen molar-refractivity contribution in [2.75, 3.05) is 26.0 Å². The highest BCUT2D eigenvalue weighted by atomic mass is 32.2. The summed E-state index contributed by atoms with van der Waals surface area (Å²) in [7, 11) is -3.36. The Bertz CT molecular complexity index is 422. The molecule has 1 aliphatic rings. The second-order valence-electron chi connectivity index (χ2n) is 5.59. The van der Waals surface area contributed by atoms with Crippen LogP contribution in [0.5, 0.6) is 0 Å². The van der Waals surface area contributed by atoms with Gasteiger partial charge in [-0.1, -0.05) is 6.42 Å². The topological polar surface area (TPSA) is 77.9 Å². The lowest BCUT2D eigenvalue weighted by molar-refractivity contribution is -0.138. The number of rotatable bonds is 6. The monoisotopic (exact) mass is 306 g/mol. The van der Waals surface area contributed by atoms with Gasteiger partial charge in [-0.3, -0.25) is 4.79 Å². The van der Waals surface area contributed by atoms with Gasteiger partial charge < -0.3 is 10.0 Å². The molecule has 0 aromatic rings. The van der Waals surface area contributed by atoms with Crippen molar-refractivity contribution in [1.82, 2.24) is 9.21 Å². The maximum absolute atomic E-state index is 12.6. The van der Waals surface area contributed by atoms with Gasteiger partial charge in [0.2, 0.25) is 15.9 Å². The van der Waals surface area contributed by atoms with Crippen LogP contribution in [0.3, 0.4) is 0 Å². The molecular formula is C13H26N2O4S. The Kier molecular flexibility index (Phi) is 6.42. The van der Waals surface area contributed by atoms with Gasteiger partial charge in [-0.05, 0) is 33.1 Å². The predicted molar refractivity (Wildman–Crippen MR) is 77.7 cm³/mol. The van der Waals surface area contributed by atoms with Gasteiger partial charge in [0.05, 0.1) is 6.26 Å². The average Bonchev–Trinajstić information content (AvgIpc) is 2.37. The van der Waals surface area contributed by atoms with Gasteiger partial charge in [-0.15, -0.1) is 0 Å². The van der Waals surface area contributed by atoms with Crippen LogP contribution in [0.1, 0.15) is 39.5 Å². The third-order valence-corrected chi connectivity index (χ3v) is 4.92. The van der Waals surface area contributed by atoms with Gasteiger partial charge >= 0.3 is 0 Å². The molecule has 0 saturated carbocycles. The van der Waals surface area contributed by atoms with Crippen molar-refractivity contribution in [2.45, 2.75) is 51.6 Å². The quantitative estimate of drug-likeness (QED) is 0.771. The number of aliphatic hydroxyl groups excluding tert-OH is 1. The van der Waals surface area contributed by atoms with Gasteiger partial charge in [0.15, 0.2) is 0 Å². The number of sulfonamides is 1. The van der Waals surface area contributed by atoms with Gasteiger partial charge in [-0.25, -0.2) is 8.42 Å². The van der Waals surface area contributed by atoms with Crippen molar-refractivity contribution in [3.8, 4) is 0 Å². The molecule has 1 fully saturated rings. The summed E-state index contributed by atoms with van der Waals surface area (Å²) in [6.07, 6.45) is 3.92. The minimum absolute atomic E-state index is 0.00242. The molecule has 0 aromatic heterocycles. The number of amides is 1. The van der Waals surface area contributed by atoms with E-state index in [-0.39, 0.29) is 18.6 Å². The number of piperidine rings is 1. The molecule has 1 atom stereocenters. The molecule has 20 heavy (non-hydrogen) atoms. The van der Waals surface area contributed by atoms with Crippen molar-refractivity contribution in [2.24, 2.45) is 0 Å². The summed E-state index contributed by atoms with van der Waals surface area (Å²) in [5, 5.41) is 8.93. The van der Waals surface area contributed by atoms with Crippen LogP contribution in [0.15, 0.2) is 0 Å². The molecule has 0 aromatic carbocycles. The van der Waals surface area contributed by atoms with E-state index in [1.807, 2.05) is 13.8 Å². The fourth-order valence-electron chi connectivity index (χ4n) is 2.60. The summed E-state index contributed by atoms with van der Waals surface area (Å²) in [5.41, 5.74) is 0. The van der Waals surface area contributed by atoms with Crippen molar-refractivity contribution >= 4 is 15.9 Å². The molecule has 1 saturated heterocycles. The molecule has 7 heteroatoms. The van der Waals surface area contributed by atoms with E-state index in [9.17, 15) is 13.2 Å². The molecule has 1 amide bonds. The molecule has 6 nitrogen and oxygen atoms in total. The lowest BCUT2D eigenvalue weighted by Gasteiger charge is -2.37. The summed E-state index contributed by atoms with van der Waals surface area (Å²) in [4.78, 5) is 14.3. The molecule has 1 rings (SSSR count). The first-order valence-corrected chi connectivity index (χ1v) is 9.02. The normalized spacial score (nSPS) is 21.1. The molecule has 1 heterocycles. The van der Waals surface area contributed by atoms with Crippen LogP contribution in [0.4, 0.5) is 0 Å². The van der Waals surface area contributed by atoms with Crippen LogP contribution < -0.4 is 0 Å². The first kappa shape index (κ1) is 17.4. The Morgan fingerprint density at radius 3 is 2.55 bits per heavy atom. The Hall–Kier alpha value is -0.660. The van der Waals surface area contributed by atoms with Crippen LogP contribution in [-0.2, 0) is 14.8 Å². The van der Waals surface area contributed by atoms with Crippen LogP contribution in [0, 0.1) is 0 Å². The molecule has 1 N–H and O–H groups in total. The zero-order chi connectivity index (χ0) is 15.3. The summed E-state index contributed by atoms with van der Waals surface area (Å²) < 4.78 is 25.0. The fraction of sp³-hybridized carbons (Fsp3) is 0.923. The van der Waals surface area contributed by atoms with Crippen molar-refractivity contribution in [3.05, 3.63) is 0 Å². The zero-order valence-electron chi connectivity index (χ0n) is 12.6. The van der Waals surface area contributed by atoms with Gasteiger partial charge in [-0.2, -0.15) is 4.31 Å². The van der Waals surface area contributed by atoms with Crippen molar-refractivity contribution < 1.29 is 18.3 Å². The molecule has 0 aliphatic carbocycles. The number of aliphatic hydroxyl groups is 1. The van der Waals surface area contributed by atoms with E-state index in [1.54, 1.807) is 4.90 Å². The van der Waals surface area contributed by atoms with Crippen molar-refractivity contribution in [1.29, 1.82) is 0 Å². The lowest BCUT2D eigenvalue weighted by atomic mass is 10.0. The summed E-state index contributed by atoms with van der Waals surface area (Å²) >= 11 is 0. The Morgan fingerprint density at radius 1 is 1.40 bits per heavy atom. The fourth-order valence-corrected chi connectivity index (χ4v) is 3.72. The number of hydrogen-bond acceptors (Lipinski definition) is 4. The Morgan fingerprint density at radius 2 is 2.05 bits per heavy atom. The highest BCUT2D eigenvalue weighted by Gasteiger charge is 2.37. The summed E-state index contributed by atoms with van der Waals surface area (Å²) in [6.45, 7) is 4.71. The Labute approximate surface area is 121 Å². The van der Waals surface area contributed by atoms with Crippen LogP contribution in [-0.4, -0.2) is 66.7 Å². The minimum atomic E-state index is -3.36. The maximum Gasteiger partial charge on any atom is 0.241 e. The molecule has 118 valence electrons. The SMILES string of the molecule is CC(C)N(CCCO)C(=O)C1CCCCN1S(C)(=O)=O. The molecular weight excluding hydrogens is 280 g/mol. The first-order chi connectivity index (χ1) is 9.29. The highest BCUT2D eigenvalue weighted by Crippen LogP contribution is 2.22. The van der Waals surface area contributed by atoms with E-state index in [0.29, 0.717) is 25.9 Å². The van der Waals surface area contributed by atoms with E-state index in [4.69, 9.17) is 5.11 Å². The van der Waals surface area contributed by atoms with Gasteiger partial charge in [0, 0.05) is 25.7 Å². The lowest BCUT2D eigenvalue weighted by Crippen LogP contribution is -2.54. The molecule has 0 spiro atoms. The van der Waals surface area contributed by atoms with E-state index < -0.39 is 16.1 Å². The Balaban J connectivity index is 2.90. The maximum atomic E-state index is 12.6. The molecule has 1 aliphatic heterocycles. The molecule has 0 bridgehead atoms. The van der Waals surface area contributed by atoms with E-state index in [1.165, 1.54) is 4.31 Å². The van der Waals surface area contributed by atoms with Crippen molar-refractivity contribution in [3.63, 3.8) is 0 Å². The largest absolute Gasteiger partial charge is 0.396 e. The second kappa shape index (κ2) is 7.38. The van der Waals surface area contributed by atoms with Gasteiger partial charge in [0.25, 0.3) is 0 Å². The first-order valence-electron chi connectivity index (χ1n) is 7.17. The van der Waals surface area contributed by atoms with Crippen LogP contribution in [0.25, 0.3) is 0 Å². The number of carbonyl (C=O) groups is 1. The minimum Gasteiger partial charge on any atom is -0.396 e. The third kappa shape index (κ3) is 4.43. The molecule has 1 unspecified atom stereocenters. The summed E-state index contributed by atoms with van der Waals surface area (Å²) in [6, 6.07) is -0.586. The predicted octanol–water partition coefficient (Wildman–Crippen LogP) is 0.420. The second-order valence-corrected chi connectivity index (χ2v) is 7.52. The smallest absolute Gasteiger partial charge is 0.241 e. The summed E-state index contributed by atoms with van der Waals surface area (Å²) in [5.74, 6) is -0.140. The van der Waals surface area contributed by atoms with Crippen LogP contribution >= 0.6 is 0 Å². The highest BCUT2D eigenvalue weighted by molar-refractivity contribution is 7.88. The van der Waals surface area contributed by atoms with Gasteiger partial charge in [0.1, 0.15) is 6.04 Å². The van der Waals surface area contributed by atoms with E-state index >= 15 is 0 Å².